The van der Waals surface area contributed by atoms with Crippen LogP contribution in [0.1, 0.15) is 105 Å². The van der Waals surface area contributed by atoms with E-state index in [0.717, 1.165) is 38.5 Å². The smallest absolute Gasteiger partial charge is 0.323 e. The van der Waals surface area contributed by atoms with E-state index < -0.39 is 11.4 Å². The zero-order valence-electron chi connectivity index (χ0n) is 17.5. The van der Waals surface area contributed by atoms with Crippen molar-refractivity contribution in [2.45, 2.75) is 111 Å². The number of hydrogen-bond donors (Lipinski definition) is 0. The molecule has 1 saturated carbocycles. The number of unbranched alkanes of at least 4 members (excludes halogenated alkanes) is 5. The Hall–Kier alpha value is -1.06. The SMILES string of the molecule is CCCCCCCCOC(=O)C(CC)(CC)C(=O)OC1CCC(C)CC1. The first-order chi connectivity index (χ1) is 12.5. The third kappa shape index (κ3) is 6.92. The second-order valence-corrected chi connectivity index (χ2v) is 7.98. The van der Waals surface area contributed by atoms with Crippen molar-refractivity contribution < 1.29 is 19.1 Å². The Morgan fingerprint density at radius 3 is 2.00 bits per heavy atom. The van der Waals surface area contributed by atoms with Gasteiger partial charge in [-0.05, 0) is 50.9 Å². The minimum Gasteiger partial charge on any atom is -0.465 e. The van der Waals surface area contributed by atoms with Crippen LogP contribution in [0.2, 0.25) is 0 Å². The van der Waals surface area contributed by atoms with Gasteiger partial charge in [0.2, 0.25) is 0 Å². The predicted molar refractivity (Wildman–Crippen MR) is 105 cm³/mol. The van der Waals surface area contributed by atoms with Crippen molar-refractivity contribution in [3.05, 3.63) is 0 Å². The molecule has 1 fully saturated rings. The van der Waals surface area contributed by atoms with Crippen molar-refractivity contribution in [3.63, 3.8) is 0 Å². The molecule has 1 aliphatic rings. The lowest BCUT2D eigenvalue weighted by Crippen LogP contribution is -2.43. The van der Waals surface area contributed by atoms with Gasteiger partial charge in [-0.1, -0.05) is 59.8 Å². The summed E-state index contributed by atoms with van der Waals surface area (Å²) in [6, 6.07) is 0. The Kier molecular flexibility index (Phi) is 10.9. The second kappa shape index (κ2) is 12.3. The van der Waals surface area contributed by atoms with Crippen molar-refractivity contribution in [3.8, 4) is 0 Å². The van der Waals surface area contributed by atoms with Crippen LogP contribution in [0.5, 0.6) is 0 Å². The summed E-state index contributed by atoms with van der Waals surface area (Å²) in [5.74, 6) is -0.0745. The molecule has 0 bridgehead atoms. The van der Waals surface area contributed by atoms with Gasteiger partial charge in [0.05, 0.1) is 6.61 Å². The molecule has 0 N–H and O–H groups in total. The number of ether oxygens (including phenoxy) is 2. The summed E-state index contributed by atoms with van der Waals surface area (Å²) in [4.78, 5) is 25.5. The monoisotopic (exact) mass is 368 g/mol. The standard InChI is InChI=1S/C22H40O4/c1-5-8-9-10-11-12-17-25-20(23)22(6-2,7-3)21(24)26-19-15-13-18(4)14-16-19/h18-19H,5-17H2,1-4H3. The molecule has 0 aromatic carbocycles. The van der Waals surface area contributed by atoms with Gasteiger partial charge in [0, 0.05) is 0 Å². The van der Waals surface area contributed by atoms with Crippen molar-refractivity contribution in [1.29, 1.82) is 0 Å². The maximum absolute atomic E-state index is 12.8. The molecule has 152 valence electrons. The number of carbonyl (C=O) groups excluding carboxylic acids is 2. The molecule has 0 radical (unpaired) electrons. The zero-order valence-corrected chi connectivity index (χ0v) is 17.5. The molecule has 0 amide bonds. The fourth-order valence-electron chi connectivity index (χ4n) is 3.71. The quantitative estimate of drug-likeness (QED) is 0.247. The molecule has 4 nitrogen and oxygen atoms in total. The van der Waals surface area contributed by atoms with E-state index in [2.05, 4.69) is 13.8 Å². The lowest BCUT2D eigenvalue weighted by atomic mass is 9.82. The van der Waals surface area contributed by atoms with E-state index in [-0.39, 0.29) is 12.1 Å². The van der Waals surface area contributed by atoms with Crippen LogP contribution in [-0.4, -0.2) is 24.6 Å². The molecule has 0 saturated heterocycles. The highest BCUT2D eigenvalue weighted by atomic mass is 16.6. The summed E-state index contributed by atoms with van der Waals surface area (Å²) in [6.45, 7) is 8.59. The normalized spacial score (nSPS) is 20.6. The molecule has 1 aliphatic carbocycles. The highest BCUT2D eigenvalue weighted by molar-refractivity contribution is 6.00. The zero-order chi connectivity index (χ0) is 19.4. The fraction of sp³-hybridized carbons (Fsp3) is 0.909. The van der Waals surface area contributed by atoms with Gasteiger partial charge in [-0.15, -0.1) is 0 Å². The first kappa shape index (κ1) is 23.0. The summed E-state index contributed by atoms with van der Waals surface area (Å²) in [7, 11) is 0. The Bertz CT molecular complexity index is 406. The maximum atomic E-state index is 12.8. The van der Waals surface area contributed by atoms with Gasteiger partial charge in [0.15, 0.2) is 5.41 Å². The minimum absolute atomic E-state index is 0.0393. The summed E-state index contributed by atoms with van der Waals surface area (Å²) < 4.78 is 11.2. The number of esters is 2. The van der Waals surface area contributed by atoms with Crippen LogP contribution in [0, 0.1) is 11.3 Å². The van der Waals surface area contributed by atoms with Gasteiger partial charge in [0.1, 0.15) is 6.10 Å². The van der Waals surface area contributed by atoms with E-state index in [1.807, 2.05) is 13.8 Å². The summed E-state index contributed by atoms with van der Waals surface area (Å²) in [5, 5.41) is 0. The van der Waals surface area contributed by atoms with Crippen LogP contribution in [0.3, 0.4) is 0 Å². The molecule has 0 unspecified atom stereocenters. The number of carbonyl (C=O) groups is 2. The molecule has 0 atom stereocenters. The second-order valence-electron chi connectivity index (χ2n) is 7.98. The summed E-state index contributed by atoms with van der Waals surface area (Å²) in [6.07, 6.45) is 11.7. The summed E-state index contributed by atoms with van der Waals surface area (Å²) >= 11 is 0. The van der Waals surface area contributed by atoms with Gasteiger partial charge >= 0.3 is 11.9 Å². The third-order valence-corrected chi connectivity index (χ3v) is 5.96. The molecule has 0 heterocycles. The van der Waals surface area contributed by atoms with Crippen LogP contribution >= 0.6 is 0 Å². The van der Waals surface area contributed by atoms with Gasteiger partial charge in [-0.2, -0.15) is 0 Å². The topological polar surface area (TPSA) is 52.6 Å². The van der Waals surface area contributed by atoms with E-state index in [1.165, 1.54) is 25.7 Å². The van der Waals surface area contributed by atoms with E-state index in [1.54, 1.807) is 0 Å². The molecule has 0 aliphatic heterocycles. The molecule has 0 aromatic heterocycles. The van der Waals surface area contributed by atoms with Crippen molar-refractivity contribution in [1.82, 2.24) is 0 Å². The van der Waals surface area contributed by atoms with Crippen LogP contribution in [0.15, 0.2) is 0 Å². The highest BCUT2D eigenvalue weighted by Crippen LogP contribution is 2.33. The average Bonchev–Trinajstić information content (AvgIpc) is 2.64. The largest absolute Gasteiger partial charge is 0.465 e. The Labute approximate surface area is 160 Å². The van der Waals surface area contributed by atoms with Gasteiger partial charge in [-0.3, -0.25) is 9.59 Å². The Morgan fingerprint density at radius 2 is 1.42 bits per heavy atom. The van der Waals surface area contributed by atoms with Crippen LogP contribution in [-0.2, 0) is 19.1 Å². The molecule has 0 aromatic rings. The molecule has 1 rings (SSSR count). The van der Waals surface area contributed by atoms with Gasteiger partial charge < -0.3 is 9.47 Å². The molecular weight excluding hydrogens is 328 g/mol. The minimum atomic E-state index is -1.13. The van der Waals surface area contributed by atoms with Crippen molar-refractivity contribution >= 4 is 11.9 Å². The van der Waals surface area contributed by atoms with Crippen molar-refractivity contribution in [2.24, 2.45) is 11.3 Å². The molecule has 4 heteroatoms. The summed E-state index contributed by atoms with van der Waals surface area (Å²) in [5.41, 5.74) is -1.13. The molecular formula is C22H40O4. The number of rotatable bonds is 12. The van der Waals surface area contributed by atoms with Crippen LogP contribution in [0.25, 0.3) is 0 Å². The molecule has 0 spiro atoms. The van der Waals surface area contributed by atoms with E-state index in [4.69, 9.17) is 9.47 Å². The maximum Gasteiger partial charge on any atom is 0.323 e. The van der Waals surface area contributed by atoms with E-state index in [9.17, 15) is 9.59 Å². The van der Waals surface area contributed by atoms with E-state index in [0.29, 0.717) is 25.4 Å². The van der Waals surface area contributed by atoms with Crippen molar-refractivity contribution in [2.75, 3.05) is 6.61 Å². The Morgan fingerprint density at radius 1 is 0.846 bits per heavy atom. The van der Waals surface area contributed by atoms with Crippen LogP contribution in [0.4, 0.5) is 0 Å². The van der Waals surface area contributed by atoms with Gasteiger partial charge in [-0.25, -0.2) is 0 Å². The molecule has 26 heavy (non-hydrogen) atoms. The average molecular weight is 369 g/mol. The fourth-order valence-corrected chi connectivity index (χ4v) is 3.71. The van der Waals surface area contributed by atoms with E-state index >= 15 is 0 Å². The Balaban J connectivity index is 2.47. The number of hydrogen-bond acceptors (Lipinski definition) is 4. The lowest BCUT2D eigenvalue weighted by Gasteiger charge is -2.32. The predicted octanol–water partition coefficient (Wildman–Crippen LogP) is 5.82. The lowest BCUT2D eigenvalue weighted by molar-refractivity contribution is -0.177. The van der Waals surface area contributed by atoms with Crippen LogP contribution < -0.4 is 0 Å². The first-order valence-electron chi connectivity index (χ1n) is 10.9. The third-order valence-electron chi connectivity index (χ3n) is 5.96. The van der Waals surface area contributed by atoms with Gasteiger partial charge in [0.25, 0.3) is 0 Å². The highest BCUT2D eigenvalue weighted by Gasteiger charge is 2.46. The first-order valence-corrected chi connectivity index (χ1v) is 10.9.